The van der Waals surface area contributed by atoms with Crippen LogP contribution in [0.15, 0.2) is 84.9 Å². The molecule has 0 heterocycles. The first-order chi connectivity index (χ1) is 12.8. The molecule has 0 unspecified atom stereocenters. The molecule has 3 heteroatoms. The fourth-order valence-corrected chi connectivity index (χ4v) is 2.69. The van der Waals surface area contributed by atoms with Crippen LogP contribution in [0.5, 0.6) is 5.75 Å². The van der Waals surface area contributed by atoms with Crippen molar-refractivity contribution in [3.05, 3.63) is 96.1 Å². The van der Waals surface area contributed by atoms with Crippen molar-refractivity contribution < 1.29 is 9.53 Å². The number of rotatable bonds is 8. The highest BCUT2D eigenvalue weighted by molar-refractivity contribution is 5.90. The number of hydrogen-bond acceptors (Lipinski definition) is 2. The lowest BCUT2D eigenvalue weighted by molar-refractivity contribution is -0.116. The number of ether oxygens (including phenoxy) is 1. The maximum absolute atomic E-state index is 12.1. The third-order valence-electron chi connectivity index (χ3n) is 4.12. The fourth-order valence-electron chi connectivity index (χ4n) is 2.69. The van der Waals surface area contributed by atoms with Crippen LogP contribution in [0.4, 0.5) is 5.69 Å². The highest BCUT2D eigenvalue weighted by atomic mass is 16.5. The number of aryl methyl sites for hydroxylation is 1. The third kappa shape index (κ3) is 5.78. The molecule has 3 aromatic rings. The van der Waals surface area contributed by atoms with Gasteiger partial charge in [0.1, 0.15) is 5.75 Å². The van der Waals surface area contributed by atoms with Crippen molar-refractivity contribution in [3.63, 3.8) is 0 Å². The highest BCUT2D eigenvalue weighted by Crippen LogP contribution is 2.16. The largest absolute Gasteiger partial charge is 0.493 e. The normalized spacial score (nSPS) is 10.3. The fraction of sp³-hybridized carbons (Fsp3) is 0.174. The summed E-state index contributed by atoms with van der Waals surface area (Å²) in [7, 11) is 0. The lowest BCUT2D eigenvalue weighted by atomic mass is 10.1. The monoisotopic (exact) mass is 345 g/mol. The summed E-state index contributed by atoms with van der Waals surface area (Å²) in [6, 6.07) is 27.8. The number of carbonyl (C=O) groups excluding carboxylic acids is 1. The van der Waals surface area contributed by atoms with Crippen LogP contribution in [0.1, 0.15) is 17.5 Å². The van der Waals surface area contributed by atoms with Gasteiger partial charge >= 0.3 is 0 Å². The molecule has 3 nitrogen and oxygen atoms in total. The molecule has 26 heavy (non-hydrogen) atoms. The van der Waals surface area contributed by atoms with Crippen LogP contribution < -0.4 is 10.1 Å². The first-order valence-electron chi connectivity index (χ1n) is 8.90. The summed E-state index contributed by atoms with van der Waals surface area (Å²) in [6.07, 6.45) is 2.09. The van der Waals surface area contributed by atoms with Gasteiger partial charge in [0, 0.05) is 18.5 Å². The Morgan fingerprint density at radius 2 is 1.31 bits per heavy atom. The van der Waals surface area contributed by atoms with E-state index in [1.807, 2.05) is 72.8 Å². The second-order valence-corrected chi connectivity index (χ2v) is 6.14. The van der Waals surface area contributed by atoms with Gasteiger partial charge in [-0.3, -0.25) is 4.79 Å². The molecule has 0 aliphatic carbocycles. The molecular formula is C23H23NO2. The summed E-state index contributed by atoms with van der Waals surface area (Å²) in [5, 5.41) is 2.93. The molecule has 0 fully saturated rings. The number of benzene rings is 3. The first kappa shape index (κ1) is 17.7. The van der Waals surface area contributed by atoms with Gasteiger partial charge in [0.05, 0.1) is 6.61 Å². The van der Waals surface area contributed by atoms with Gasteiger partial charge in [0.15, 0.2) is 0 Å². The van der Waals surface area contributed by atoms with Gasteiger partial charge in [-0.2, -0.15) is 0 Å². The Morgan fingerprint density at radius 1 is 0.731 bits per heavy atom. The van der Waals surface area contributed by atoms with Crippen molar-refractivity contribution in [2.45, 2.75) is 19.3 Å². The topological polar surface area (TPSA) is 38.3 Å². The van der Waals surface area contributed by atoms with E-state index in [2.05, 4.69) is 17.4 Å². The van der Waals surface area contributed by atoms with E-state index in [-0.39, 0.29) is 5.91 Å². The molecular weight excluding hydrogens is 322 g/mol. The van der Waals surface area contributed by atoms with Gasteiger partial charge in [0.25, 0.3) is 0 Å². The molecule has 0 atom stereocenters. The van der Waals surface area contributed by atoms with Crippen molar-refractivity contribution >= 4 is 11.6 Å². The third-order valence-corrected chi connectivity index (χ3v) is 4.12. The Bertz CT molecular complexity index is 799. The van der Waals surface area contributed by atoms with Crippen LogP contribution in [0.2, 0.25) is 0 Å². The molecule has 0 radical (unpaired) electrons. The Kier molecular flexibility index (Phi) is 6.43. The Labute approximate surface area is 154 Å². The maximum Gasteiger partial charge on any atom is 0.224 e. The SMILES string of the molecule is O=C(CCc1ccccc1)Nc1ccc(OCCc2ccccc2)cc1. The number of carbonyl (C=O) groups is 1. The van der Waals surface area contributed by atoms with E-state index in [1.54, 1.807) is 0 Å². The van der Waals surface area contributed by atoms with Gasteiger partial charge in [-0.15, -0.1) is 0 Å². The van der Waals surface area contributed by atoms with E-state index in [1.165, 1.54) is 11.1 Å². The zero-order chi connectivity index (χ0) is 18.0. The summed E-state index contributed by atoms with van der Waals surface area (Å²) in [4.78, 5) is 12.1. The van der Waals surface area contributed by atoms with E-state index in [0.29, 0.717) is 13.0 Å². The number of hydrogen-bond donors (Lipinski definition) is 1. The van der Waals surface area contributed by atoms with E-state index >= 15 is 0 Å². The molecule has 3 aromatic carbocycles. The number of anilines is 1. The average molecular weight is 345 g/mol. The highest BCUT2D eigenvalue weighted by Gasteiger charge is 2.04. The lowest BCUT2D eigenvalue weighted by Crippen LogP contribution is -2.12. The molecule has 1 amide bonds. The zero-order valence-corrected chi connectivity index (χ0v) is 14.7. The molecule has 0 saturated carbocycles. The summed E-state index contributed by atoms with van der Waals surface area (Å²) in [6.45, 7) is 0.632. The van der Waals surface area contributed by atoms with Crippen molar-refractivity contribution in [2.24, 2.45) is 0 Å². The molecule has 132 valence electrons. The van der Waals surface area contributed by atoms with E-state index in [4.69, 9.17) is 4.74 Å². The minimum Gasteiger partial charge on any atom is -0.493 e. The molecule has 1 N–H and O–H groups in total. The Hall–Kier alpha value is -3.07. The molecule has 0 bridgehead atoms. The van der Waals surface area contributed by atoms with Gasteiger partial charge in [-0.05, 0) is 41.8 Å². The Morgan fingerprint density at radius 3 is 1.92 bits per heavy atom. The second kappa shape index (κ2) is 9.42. The standard InChI is InChI=1S/C23H23NO2/c25-23(16-11-19-7-3-1-4-8-19)24-21-12-14-22(15-13-21)26-18-17-20-9-5-2-6-10-20/h1-10,12-15H,11,16-18H2,(H,24,25). The van der Waals surface area contributed by atoms with Crippen LogP contribution in [-0.2, 0) is 17.6 Å². The van der Waals surface area contributed by atoms with Gasteiger partial charge in [-0.25, -0.2) is 0 Å². The quantitative estimate of drug-likeness (QED) is 0.632. The minimum absolute atomic E-state index is 0.0200. The van der Waals surface area contributed by atoms with Crippen LogP contribution in [-0.4, -0.2) is 12.5 Å². The van der Waals surface area contributed by atoms with Crippen LogP contribution >= 0.6 is 0 Å². The lowest BCUT2D eigenvalue weighted by Gasteiger charge is -2.09. The zero-order valence-electron chi connectivity index (χ0n) is 14.7. The van der Waals surface area contributed by atoms with E-state index < -0.39 is 0 Å². The van der Waals surface area contributed by atoms with Crippen molar-refractivity contribution in [1.29, 1.82) is 0 Å². The average Bonchev–Trinajstić information content (AvgIpc) is 2.69. The van der Waals surface area contributed by atoms with Crippen molar-refractivity contribution in [1.82, 2.24) is 0 Å². The van der Waals surface area contributed by atoms with E-state index in [9.17, 15) is 4.79 Å². The predicted octanol–water partition coefficient (Wildman–Crippen LogP) is 4.88. The molecule has 0 aliphatic rings. The van der Waals surface area contributed by atoms with Crippen LogP contribution in [0.3, 0.4) is 0 Å². The second-order valence-electron chi connectivity index (χ2n) is 6.14. The van der Waals surface area contributed by atoms with Crippen molar-refractivity contribution in [2.75, 3.05) is 11.9 Å². The predicted molar refractivity (Wildman–Crippen MR) is 105 cm³/mol. The van der Waals surface area contributed by atoms with E-state index in [0.717, 1.165) is 24.3 Å². The summed E-state index contributed by atoms with van der Waals surface area (Å²) in [5.74, 6) is 0.829. The molecule has 0 spiro atoms. The maximum atomic E-state index is 12.1. The number of nitrogens with one attached hydrogen (secondary N) is 1. The summed E-state index contributed by atoms with van der Waals surface area (Å²) >= 11 is 0. The van der Waals surface area contributed by atoms with Gasteiger partial charge < -0.3 is 10.1 Å². The van der Waals surface area contributed by atoms with Gasteiger partial charge in [-0.1, -0.05) is 60.7 Å². The van der Waals surface area contributed by atoms with Crippen LogP contribution in [0, 0.1) is 0 Å². The molecule has 0 saturated heterocycles. The smallest absolute Gasteiger partial charge is 0.224 e. The summed E-state index contributed by atoms with van der Waals surface area (Å²) < 4.78 is 5.76. The molecule has 0 aromatic heterocycles. The summed E-state index contributed by atoms with van der Waals surface area (Å²) in [5.41, 5.74) is 3.22. The molecule has 3 rings (SSSR count). The molecule has 0 aliphatic heterocycles. The minimum atomic E-state index is 0.0200. The van der Waals surface area contributed by atoms with Crippen LogP contribution in [0.25, 0.3) is 0 Å². The Balaban J connectivity index is 1.41. The number of amides is 1. The van der Waals surface area contributed by atoms with Crippen molar-refractivity contribution in [3.8, 4) is 5.75 Å². The van der Waals surface area contributed by atoms with Gasteiger partial charge in [0.2, 0.25) is 5.91 Å². The first-order valence-corrected chi connectivity index (χ1v) is 8.90.